The summed E-state index contributed by atoms with van der Waals surface area (Å²) < 4.78 is 33.3. The van der Waals surface area contributed by atoms with Crippen LogP contribution in [-0.4, -0.2) is 29.2 Å². The summed E-state index contributed by atoms with van der Waals surface area (Å²) in [4.78, 5) is 10.7. The Bertz CT molecular complexity index is 515. The number of carboxylic acids is 1. The van der Waals surface area contributed by atoms with Crippen molar-refractivity contribution in [2.45, 2.75) is 12.5 Å². The minimum atomic E-state index is -4.62. The molecule has 0 saturated carbocycles. The van der Waals surface area contributed by atoms with Gasteiger partial charge in [-0.15, -0.1) is 0 Å². The van der Waals surface area contributed by atoms with Gasteiger partial charge in [-0.1, -0.05) is 12.1 Å². The average molecular weight is 262 g/mol. The summed E-state index contributed by atoms with van der Waals surface area (Å²) >= 11 is 0. The molecule has 7 nitrogen and oxygen atoms in total. The van der Waals surface area contributed by atoms with E-state index in [9.17, 15) is 18.3 Å². The number of carboxylic acid groups (broad SMARTS) is 1. The van der Waals surface area contributed by atoms with E-state index in [1.54, 1.807) is 0 Å². The van der Waals surface area contributed by atoms with Gasteiger partial charge in [0.2, 0.25) is 0 Å². The lowest BCUT2D eigenvalue weighted by Crippen LogP contribution is -2.31. The van der Waals surface area contributed by atoms with Crippen LogP contribution in [0.5, 0.6) is 5.75 Å². The van der Waals surface area contributed by atoms with Gasteiger partial charge in [-0.3, -0.25) is 4.55 Å². The molecule has 8 heteroatoms. The topological polar surface area (TPSA) is 121 Å². The second-order valence-electron chi connectivity index (χ2n) is 3.41. The maximum absolute atomic E-state index is 10.7. The first-order valence-corrected chi connectivity index (χ1v) is 5.72. The molecule has 0 aliphatic rings. The van der Waals surface area contributed by atoms with Crippen molar-refractivity contribution in [1.82, 2.24) is 0 Å². The van der Waals surface area contributed by atoms with E-state index in [0.717, 1.165) is 19.1 Å². The van der Waals surface area contributed by atoms with Gasteiger partial charge in [0.1, 0.15) is 5.75 Å². The van der Waals surface area contributed by atoms with Gasteiger partial charge in [0.15, 0.2) is 5.60 Å². The zero-order valence-electron chi connectivity index (χ0n) is 8.69. The number of hydrogen-bond acceptors (Lipinski definition) is 5. The molecule has 3 N–H and O–H groups in total. The van der Waals surface area contributed by atoms with Crippen LogP contribution in [0.2, 0.25) is 0 Å². The smallest absolute Gasteiger partial charge is 0.446 e. The van der Waals surface area contributed by atoms with Gasteiger partial charge in [-0.2, -0.15) is 8.42 Å². The highest BCUT2D eigenvalue weighted by molar-refractivity contribution is 7.81. The fourth-order valence-corrected chi connectivity index (χ4v) is 1.43. The van der Waals surface area contributed by atoms with E-state index in [-0.39, 0.29) is 11.3 Å². The Labute approximate surface area is 97.2 Å². The fourth-order valence-electron chi connectivity index (χ4n) is 1.08. The normalized spacial score (nSPS) is 15.0. The lowest BCUT2D eigenvalue weighted by Gasteiger charge is -2.18. The molecule has 0 radical (unpaired) electrons. The second-order valence-corrected chi connectivity index (χ2v) is 4.43. The Hall–Kier alpha value is -1.64. The van der Waals surface area contributed by atoms with Crippen molar-refractivity contribution in [2.24, 2.45) is 0 Å². The van der Waals surface area contributed by atoms with Crippen LogP contribution in [0.15, 0.2) is 24.3 Å². The van der Waals surface area contributed by atoms with Crippen molar-refractivity contribution in [3.05, 3.63) is 29.8 Å². The van der Waals surface area contributed by atoms with Crippen molar-refractivity contribution in [3.8, 4) is 5.75 Å². The van der Waals surface area contributed by atoms with Gasteiger partial charge in [0.05, 0.1) is 0 Å². The zero-order chi connectivity index (χ0) is 13.3. The Balaban J connectivity index is 3.00. The number of hydrogen-bond donors (Lipinski definition) is 3. The van der Waals surface area contributed by atoms with Crippen LogP contribution in [0.1, 0.15) is 12.5 Å². The van der Waals surface area contributed by atoms with Crippen LogP contribution in [0.25, 0.3) is 0 Å². The summed E-state index contributed by atoms with van der Waals surface area (Å²) in [7, 11) is -4.62. The fraction of sp³-hybridized carbons (Fsp3) is 0.222. The first-order chi connectivity index (χ1) is 7.63. The van der Waals surface area contributed by atoms with Gasteiger partial charge in [-0.25, -0.2) is 4.79 Å². The van der Waals surface area contributed by atoms with Crippen LogP contribution in [0.3, 0.4) is 0 Å². The van der Waals surface area contributed by atoms with E-state index < -0.39 is 22.0 Å². The number of benzene rings is 1. The summed E-state index contributed by atoms with van der Waals surface area (Å²) in [6.45, 7) is 1.08. The second kappa shape index (κ2) is 4.32. The van der Waals surface area contributed by atoms with Crippen molar-refractivity contribution >= 4 is 16.4 Å². The molecule has 0 aliphatic heterocycles. The minimum Gasteiger partial charge on any atom is -0.479 e. The molecular weight excluding hydrogens is 252 g/mol. The maximum atomic E-state index is 10.7. The molecule has 1 atom stereocenters. The zero-order valence-corrected chi connectivity index (χ0v) is 9.51. The highest BCUT2D eigenvalue weighted by Crippen LogP contribution is 2.23. The number of aliphatic carboxylic acids is 1. The predicted molar refractivity (Wildman–Crippen MR) is 55.8 cm³/mol. The molecule has 94 valence electrons. The van der Waals surface area contributed by atoms with Gasteiger partial charge in [-0.05, 0) is 24.6 Å². The van der Waals surface area contributed by atoms with E-state index in [1.165, 1.54) is 12.1 Å². The molecule has 0 bridgehead atoms. The van der Waals surface area contributed by atoms with Crippen molar-refractivity contribution in [1.29, 1.82) is 0 Å². The summed E-state index contributed by atoms with van der Waals surface area (Å²) in [5, 5.41) is 18.3. The van der Waals surface area contributed by atoms with Crippen LogP contribution in [0, 0.1) is 0 Å². The van der Waals surface area contributed by atoms with Gasteiger partial charge < -0.3 is 14.4 Å². The number of aliphatic hydroxyl groups is 1. The van der Waals surface area contributed by atoms with Crippen molar-refractivity contribution in [3.63, 3.8) is 0 Å². The molecule has 17 heavy (non-hydrogen) atoms. The molecule has 0 heterocycles. The third-order valence-corrected chi connectivity index (χ3v) is 2.44. The molecule has 0 spiro atoms. The van der Waals surface area contributed by atoms with Crippen LogP contribution in [-0.2, 0) is 20.8 Å². The largest absolute Gasteiger partial charge is 0.479 e. The molecule has 1 rings (SSSR count). The summed E-state index contributed by atoms with van der Waals surface area (Å²) in [6.07, 6.45) is 0. The Morgan fingerprint density at radius 2 is 1.76 bits per heavy atom. The maximum Gasteiger partial charge on any atom is 0.446 e. The average Bonchev–Trinajstić information content (AvgIpc) is 2.15. The molecule has 0 amide bonds. The van der Waals surface area contributed by atoms with E-state index in [1.807, 2.05) is 0 Å². The van der Waals surface area contributed by atoms with Crippen LogP contribution >= 0.6 is 0 Å². The molecule has 1 aromatic carbocycles. The Morgan fingerprint density at radius 3 is 2.12 bits per heavy atom. The molecule has 1 unspecified atom stereocenters. The first-order valence-electron chi connectivity index (χ1n) is 4.36. The molecule has 0 saturated heterocycles. The van der Waals surface area contributed by atoms with Crippen LogP contribution in [0.4, 0.5) is 0 Å². The van der Waals surface area contributed by atoms with Crippen molar-refractivity contribution < 1.29 is 32.2 Å². The quantitative estimate of drug-likeness (QED) is 0.661. The highest BCUT2D eigenvalue weighted by atomic mass is 32.3. The molecule has 0 aromatic heterocycles. The lowest BCUT2D eigenvalue weighted by molar-refractivity contribution is -0.157. The van der Waals surface area contributed by atoms with E-state index in [4.69, 9.17) is 9.66 Å². The first kappa shape index (κ1) is 13.4. The number of rotatable bonds is 4. The SMILES string of the molecule is CC(O)(C(=O)O)c1ccc(OS(=O)(=O)O)cc1. The predicted octanol–water partition coefficient (Wildman–Crippen LogP) is 0.160. The molecule has 0 fully saturated rings. The molecule has 1 aromatic rings. The standard InChI is InChI=1S/C9H10O7S/c1-9(12,8(10)11)6-2-4-7(5-3-6)16-17(13,14)15/h2-5,12H,1H3,(H,10,11)(H,13,14,15). The van der Waals surface area contributed by atoms with Gasteiger partial charge in [0, 0.05) is 0 Å². The monoisotopic (exact) mass is 262 g/mol. The van der Waals surface area contributed by atoms with E-state index >= 15 is 0 Å². The summed E-state index contributed by atoms with van der Waals surface area (Å²) in [5.41, 5.74) is -2.04. The van der Waals surface area contributed by atoms with Crippen LogP contribution < -0.4 is 4.18 Å². The number of carbonyl (C=O) groups is 1. The van der Waals surface area contributed by atoms with E-state index in [2.05, 4.69) is 4.18 Å². The summed E-state index contributed by atoms with van der Waals surface area (Å²) in [6, 6.07) is 4.57. The van der Waals surface area contributed by atoms with Gasteiger partial charge in [0.25, 0.3) is 0 Å². The van der Waals surface area contributed by atoms with Gasteiger partial charge >= 0.3 is 16.4 Å². The summed E-state index contributed by atoms with van der Waals surface area (Å²) in [5.74, 6) is -1.64. The Kier molecular flexibility index (Phi) is 3.41. The van der Waals surface area contributed by atoms with E-state index in [0.29, 0.717) is 0 Å². The minimum absolute atomic E-state index is 0.0488. The highest BCUT2D eigenvalue weighted by Gasteiger charge is 2.32. The lowest BCUT2D eigenvalue weighted by atomic mass is 9.96. The Morgan fingerprint density at radius 1 is 1.29 bits per heavy atom. The molecule has 0 aliphatic carbocycles. The molecular formula is C9H10O7S. The third kappa shape index (κ3) is 3.41. The van der Waals surface area contributed by atoms with Crippen molar-refractivity contribution in [2.75, 3.05) is 0 Å². The third-order valence-electron chi connectivity index (χ3n) is 2.03.